The smallest absolute Gasteiger partial charge is 0.263 e. The van der Waals surface area contributed by atoms with E-state index in [0.29, 0.717) is 12.1 Å². The maximum absolute atomic E-state index is 14.0. The average Bonchev–Trinajstić information content (AvgIpc) is 2.74. The van der Waals surface area contributed by atoms with Crippen molar-refractivity contribution in [3.63, 3.8) is 0 Å². The van der Waals surface area contributed by atoms with E-state index in [1.165, 1.54) is 16.4 Å². The Bertz CT molecular complexity index is 807. The highest BCUT2D eigenvalue weighted by molar-refractivity contribution is 7.92. The van der Waals surface area contributed by atoms with Crippen molar-refractivity contribution in [2.24, 2.45) is 0 Å². The third kappa shape index (κ3) is 2.30. The first-order chi connectivity index (χ1) is 9.91. The van der Waals surface area contributed by atoms with E-state index in [1.54, 1.807) is 12.1 Å². The van der Waals surface area contributed by atoms with Gasteiger partial charge in [0.05, 0.1) is 5.69 Å². The van der Waals surface area contributed by atoms with Gasteiger partial charge in [0.1, 0.15) is 10.7 Å². The zero-order valence-corrected chi connectivity index (χ0v) is 12.8. The second-order valence-corrected chi connectivity index (χ2v) is 7.28. The average molecular weight is 326 g/mol. The molecule has 0 unspecified atom stereocenters. The number of sulfonamides is 1. The standard InChI is InChI=1S/C15H13ClFNO2S/c1-10-8-11-4-2-3-5-14(11)18(10)21(19,20)15-7-6-12(16)9-13(15)17/h2-7,9-10H,8H2,1H3/t10-/m0/s1. The monoisotopic (exact) mass is 325 g/mol. The number of anilines is 1. The summed E-state index contributed by atoms with van der Waals surface area (Å²) >= 11 is 5.69. The van der Waals surface area contributed by atoms with Crippen LogP contribution in [0.25, 0.3) is 0 Å². The molecule has 0 fully saturated rings. The molecule has 2 aromatic carbocycles. The molecular formula is C15H13ClFNO2S. The maximum Gasteiger partial charge on any atom is 0.267 e. The van der Waals surface area contributed by atoms with Gasteiger partial charge >= 0.3 is 0 Å². The largest absolute Gasteiger partial charge is 0.267 e. The Hall–Kier alpha value is -1.59. The molecule has 0 spiro atoms. The Morgan fingerprint density at radius 1 is 1.24 bits per heavy atom. The van der Waals surface area contributed by atoms with Crippen LogP contribution in [0.15, 0.2) is 47.4 Å². The molecule has 1 heterocycles. The van der Waals surface area contributed by atoms with Gasteiger partial charge in [0.2, 0.25) is 0 Å². The number of para-hydroxylation sites is 1. The van der Waals surface area contributed by atoms with Gasteiger partial charge in [-0.05, 0) is 43.2 Å². The lowest BCUT2D eigenvalue weighted by Gasteiger charge is -2.24. The summed E-state index contributed by atoms with van der Waals surface area (Å²) in [6, 6.07) is 10.6. The van der Waals surface area contributed by atoms with Gasteiger partial charge in [-0.2, -0.15) is 0 Å². The van der Waals surface area contributed by atoms with Gasteiger partial charge in [0, 0.05) is 11.1 Å². The Morgan fingerprint density at radius 2 is 1.95 bits per heavy atom. The third-order valence-electron chi connectivity index (χ3n) is 3.58. The highest BCUT2D eigenvalue weighted by Gasteiger charge is 2.37. The van der Waals surface area contributed by atoms with Crippen molar-refractivity contribution >= 4 is 27.3 Å². The number of hydrogen-bond donors (Lipinski definition) is 0. The molecule has 1 aliphatic heterocycles. The third-order valence-corrected chi connectivity index (χ3v) is 5.77. The summed E-state index contributed by atoms with van der Waals surface area (Å²) in [5.74, 6) is -0.834. The van der Waals surface area contributed by atoms with E-state index in [1.807, 2.05) is 19.1 Å². The molecule has 1 atom stereocenters. The van der Waals surface area contributed by atoms with Crippen LogP contribution in [-0.2, 0) is 16.4 Å². The fourth-order valence-electron chi connectivity index (χ4n) is 2.69. The van der Waals surface area contributed by atoms with Gasteiger partial charge < -0.3 is 0 Å². The molecule has 0 saturated heterocycles. The lowest BCUT2D eigenvalue weighted by molar-refractivity contribution is 0.559. The molecule has 2 aromatic rings. The van der Waals surface area contributed by atoms with Crippen LogP contribution in [0.1, 0.15) is 12.5 Å². The van der Waals surface area contributed by atoms with Crippen LogP contribution in [0.4, 0.5) is 10.1 Å². The molecule has 0 radical (unpaired) electrons. The van der Waals surface area contributed by atoms with Gasteiger partial charge in [-0.15, -0.1) is 0 Å². The lowest BCUT2D eigenvalue weighted by Crippen LogP contribution is -2.36. The minimum absolute atomic E-state index is 0.168. The number of benzene rings is 2. The predicted molar refractivity (Wildman–Crippen MR) is 80.7 cm³/mol. The molecule has 3 nitrogen and oxygen atoms in total. The van der Waals surface area contributed by atoms with Crippen molar-refractivity contribution in [2.45, 2.75) is 24.3 Å². The fraction of sp³-hybridized carbons (Fsp3) is 0.200. The number of fused-ring (bicyclic) bond motifs is 1. The van der Waals surface area contributed by atoms with Crippen LogP contribution >= 0.6 is 11.6 Å². The summed E-state index contributed by atoms with van der Waals surface area (Å²) < 4.78 is 40.9. The fourth-order valence-corrected chi connectivity index (χ4v) is 4.60. The topological polar surface area (TPSA) is 37.4 Å². The Morgan fingerprint density at radius 3 is 2.67 bits per heavy atom. The van der Waals surface area contributed by atoms with E-state index in [4.69, 9.17) is 11.6 Å². The molecule has 110 valence electrons. The lowest BCUT2D eigenvalue weighted by atomic mass is 10.1. The summed E-state index contributed by atoms with van der Waals surface area (Å²) in [7, 11) is -3.95. The Balaban J connectivity index is 2.15. The van der Waals surface area contributed by atoms with Gasteiger partial charge in [-0.3, -0.25) is 4.31 Å². The molecule has 0 amide bonds. The molecule has 21 heavy (non-hydrogen) atoms. The van der Waals surface area contributed by atoms with Gasteiger partial charge in [0.25, 0.3) is 10.0 Å². The summed E-state index contributed by atoms with van der Waals surface area (Å²) in [6.07, 6.45) is 0.616. The zero-order valence-electron chi connectivity index (χ0n) is 11.3. The molecule has 1 aliphatic rings. The Kier molecular flexibility index (Phi) is 3.42. The molecule has 3 rings (SSSR count). The summed E-state index contributed by atoms with van der Waals surface area (Å²) in [5.41, 5.74) is 1.56. The van der Waals surface area contributed by atoms with E-state index >= 15 is 0 Å². The molecule has 0 N–H and O–H groups in total. The van der Waals surface area contributed by atoms with E-state index in [2.05, 4.69) is 0 Å². The summed E-state index contributed by atoms with van der Waals surface area (Å²) in [5, 5.41) is 0.168. The highest BCUT2D eigenvalue weighted by atomic mass is 35.5. The van der Waals surface area contributed by atoms with Crippen molar-refractivity contribution in [1.29, 1.82) is 0 Å². The minimum Gasteiger partial charge on any atom is -0.263 e. The van der Waals surface area contributed by atoms with Gasteiger partial charge in [-0.1, -0.05) is 29.8 Å². The molecule has 0 aromatic heterocycles. The second kappa shape index (κ2) is 5.00. The van der Waals surface area contributed by atoms with E-state index in [9.17, 15) is 12.8 Å². The van der Waals surface area contributed by atoms with Crippen LogP contribution in [-0.4, -0.2) is 14.5 Å². The SMILES string of the molecule is C[C@H]1Cc2ccccc2N1S(=O)(=O)c1ccc(Cl)cc1F. The first-order valence-electron chi connectivity index (χ1n) is 6.48. The molecule has 6 heteroatoms. The first kappa shape index (κ1) is 14.4. The predicted octanol–water partition coefficient (Wildman–Crippen LogP) is 3.62. The second-order valence-electron chi connectivity index (χ2n) is 5.06. The van der Waals surface area contributed by atoms with Crippen LogP contribution in [0.3, 0.4) is 0 Å². The normalized spacial score (nSPS) is 17.9. The highest BCUT2D eigenvalue weighted by Crippen LogP contribution is 2.37. The van der Waals surface area contributed by atoms with Crippen molar-refractivity contribution in [3.05, 3.63) is 58.9 Å². The maximum atomic E-state index is 14.0. The molecular weight excluding hydrogens is 313 g/mol. The quantitative estimate of drug-likeness (QED) is 0.845. The number of rotatable bonds is 2. The first-order valence-corrected chi connectivity index (χ1v) is 8.30. The van der Waals surface area contributed by atoms with Crippen molar-refractivity contribution in [2.75, 3.05) is 4.31 Å². The minimum atomic E-state index is -3.95. The number of hydrogen-bond acceptors (Lipinski definition) is 2. The van der Waals surface area contributed by atoms with Crippen LogP contribution in [0.2, 0.25) is 5.02 Å². The zero-order chi connectivity index (χ0) is 15.2. The Labute approximate surface area is 128 Å². The van der Waals surface area contributed by atoms with E-state index < -0.39 is 15.8 Å². The van der Waals surface area contributed by atoms with E-state index in [-0.39, 0.29) is 16.0 Å². The van der Waals surface area contributed by atoms with Crippen LogP contribution < -0.4 is 4.31 Å². The van der Waals surface area contributed by atoms with E-state index in [0.717, 1.165) is 11.6 Å². The molecule has 0 saturated carbocycles. The van der Waals surface area contributed by atoms with Crippen molar-refractivity contribution < 1.29 is 12.8 Å². The molecule has 0 bridgehead atoms. The number of nitrogens with zero attached hydrogens (tertiary/aromatic N) is 1. The summed E-state index contributed by atoms with van der Waals surface area (Å²) in [4.78, 5) is -0.351. The summed E-state index contributed by atoms with van der Waals surface area (Å²) in [6.45, 7) is 1.81. The van der Waals surface area contributed by atoms with Gasteiger partial charge in [-0.25, -0.2) is 12.8 Å². The van der Waals surface area contributed by atoms with Crippen LogP contribution in [0.5, 0.6) is 0 Å². The van der Waals surface area contributed by atoms with Crippen molar-refractivity contribution in [1.82, 2.24) is 0 Å². The number of halogens is 2. The van der Waals surface area contributed by atoms with Gasteiger partial charge in [0.15, 0.2) is 0 Å². The van der Waals surface area contributed by atoms with Crippen LogP contribution in [0, 0.1) is 5.82 Å². The molecule has 0 aliphatic carbocycles. The van der Waals surface area contributed by atoms with Crippen molar-refractivity contribution in [3.8, 4) is 0 Å².